The second-order valence-corrected chi connectivity index (χ2v) is 5.71. The Morgan fingerprint density at radius 1 is 0.905 bits per heavy atom. The summed E-state index contributed by atoms with van der Waals surface area (Å²) >= 11 is 0. The fraction of sp³-hybridized carbons (Fsp3) is 0.722. The molecular weight excluding hydrogens is 262 g/mol. The van der Waals surface area contributed by atoms with Crippen LogP contribution in [0.15, 0.2) is 24.3 Å². The smallest absolute Gasteiger partial charge is 0.0642 e. The molecule has 0 aliphatic heterocycles. The third-order valence-electron chi connectivity index (χ3n) is 3.88. The summed E-state index contributed by atoms with van der Waals surface area (Å²) in [6, 6.07) is 0. The minimum absolute atomic E-state index is 0. The first-order valence-corrected chi connectivity index (χ1v) is 8.17. The third-order valence-corrected chi connectivity index (χ3v) is 3.88. The Morgan fingerprint density at radius 2 is 1.33 bits per heavy atom. The van der Waals surface area contributed by atoms with E-state index in [-0.39, 0.29) is 11.6 Å². The second kappa shape index (κ2) is 13.9. The molecule has 0 fully saturated rings. The quantitative estimate of drug-likeness (QED) is 0.415. The maximum absolute atomic E-state index is 10.4. The first-order chi connectivity index (χ1) is 9.60. The zero-order chi connectivity index (χ0) is 15.3. The molecule has 3 heteroatoms. The number of hydrogen-bond donors (Lipinski definition) is 1. The van der Waals surface area contributed by atoms with Gasteiger partial charge in [-0.15, -0.1) is 0 Å². The summed E-state index contributed by atoms with van der Waals surface area (Å²) in [5, 5.41) is 10.4. The summed E-state index contributed by atoms with van der Waals surface area (Å²) in [4.78, 5) is 10.4. The summed E-state index contributed by atoms with van der Waals surface area (Å²) in [7, 11) is 0. The highest BCUT2D eigenvalue weighted by Gasteiger charge is 2.24. The molecule has 0 amide bonds. The Kier molecular flexibility index (Phi) is 14.7. The van der Waals surface area contributed by atoms with Gasteiger partial charge in [-0.05, 0) is 30.8 Å². The van der Waals surface area contributed by atoms with E-state index in [1.165, 1.54) is 57.8 Å². The summed E-state index contributed by atoms with van der Waals surface area (Å²) in [6.07, 6.45) is 17.8. The van der Waals surface area contributed by atoms with E-state index >= 15 is 0 Å². The second-order valence-electron chi connectivity index (χ2n) is 5.71. The van der Waals surface area contributed by atoms with Crippen molar-refractivity contribution in [3.05, 3.63) is 24.3 Å². The standard InChI is InChI=1S/C18H32O2.H3N/c1-4-7-13-18(14-8-5-2,15-9-6-3)16-11-10-12-17(19)20;/h10-12,16H,4-9,13-15H2,1-3H3,(H,19,20);1H3/b12-10+,16-11+;. The fourth-order valence-electron chi connectivity index (χ4n) is 2.61. The van der Waals surface area contributed by atoms with Crippen LogP contribution in [0.25, 0.3) is 0 Å². The average Bonchev–Trinajstić information content (AvgIpc) is 2.44. The van der Waals surface area contributed by atoms with Crippen LogP contribution in [-0.2, 0) is 4.79 Å². The lowest BCUT2D eigenvalue weighted by molar-refractivity contribution is -0.297. The maximum Gasteiger partial charge on any atom is 0.0642 e. The van der Waals surface area contributed by atoms with E-state index in [9.17, 15) is 9.90 Å². The van der Waals surface area contributed by atoms with Crippen LogP contribution in [0.3, 0.4) is 0 Å². The van der Waals surface area contributed by atoms with Crippen molar-refractivity contribution in [1.29, 1.82) is 0 Å². The molecule has 0 aliphatic rings. The van der Waals surface area contributed by atoms with Gasteiger partial charge in [0.2, 0.25) is 0 Å². The highest BCUT2D eigenvalue weighted by molar-refractivity contribution is 5.77. The molecule has 0 aromatic carbocycles. The van der Waals surface area contributed by atoms with Gasteiger partial charge in [-0.25, -0.2) is 0 Å². The van der Waals surface area contributed by atoms with Gasteiger partial charge in [0.05, 0.1) is 5.97 Å². The summed E-state index contributed by atoms with van der Waals surface area (Å²) < 4.78 is 0. The summed E-state index contributed by atoms with van der Waals surface area (Å²) in [5.41, 5.74) is 0.248. The lowest BCUT2D eigenvalue weighted by Crippen LogP contribution is -2.19. The van der Waals surface area contributed by atoms with Crippen LogP contribution >= 0.6 is 0 Å². The third kappa shape index (κ3) is 11.3. The molecule has 3 nitrogen and oxygen atoms in total. The zero-order valence-electron chi connectivity index (χ0n) is 14.5. The Labute approximate surface area is 131 Å². The van der Waals surface area contributed by atoms with Crippen molar-refractivity contribution in [2.24, 2.45) is 5.41 Å². The first-order valence-electron chi connectivity index (χ1n) is 8.17. The summed E-state index contributed by atoms with van der Waals surface area (Å²) in [5.74, 6) is -1.13. The highest BCUT2D eigenvalue weighted by Crippen LogP contribution is 2.38. The molecular formula is C18H35NO2. The van der Waals surface area contributed by atoms with E-state index in [0.29, 0.717) is 0 Å². The van der Waals surface area contributed by atoms with Crippen LogP contribution in [0.4, 0.5) is 0 Å². The molecule has 0 saturated carbocycles. The first kappa shape index (κ1) is 22.2. The molecule has 0 aromatic heterocycles. The van der Waals surface area contributed by atoms with Crippen LogP contribution in [-0.4, -0.2) is 5.97 Å². The van der Waals surface area contributed by atoms with Gasteiger partial charge in [-0.3, -0.25) is 0 Å². The number of carboxylic acids is 1. The van der Waals surface area contributed by atoms with Gasteiger partial charge >= 0.3 is 0 Å². The SMILES string of the molecule is CCCCC(/C=C/C=C/C(=O)[O-])(CCCC)CCCC.[NH4+]. The monoisotopic (exact) mass is 297 g/mol. The van der Waals surface area contributed by atoms with E-state index in [1.807, 2.05) is 6.08 Å². The van der Waals surface area contributed by atoms with Gasteiger partial charge in [0.1, 0.15) is 0 Å². The number of allylic oxidation sites excluding steroid dienone is 3. The Bertz CT molecular complexity index is 287. The normalized spacial score (nSPS) is 12.0. The van der Waals surface area contributed by atoms with Gasteiger partial charge in [-0.1, -0.05) is 77.5 Å². The molecule has 124 valence electrons. The fourth-order valence-corrected chi connectivity index (χ4v) is 2.61. The molecule has 0 heterocycles. The predicted molar refractivity (Wildman–Crippen MR) is 90.3 cm³/mol. The van der Waals surface area contributed by atoms with E-state index in [0.717, 1.165) is 6.08 Å². The lowest BCUT2D eigenvalue weighted by atomic mass is 9.74. The van der Waals surface area contributed by atoms with Crippen molar-refractivity contribution < 1.29 is 9.90 Å². The molecule has 0 atom stereocenters. The van der Waals surface area contributed by atoms with Crippen LogP contribution < -0.4 is 11.3 Å². The predicted octanol–water partition coefficient (Wildman–Crippen LogP) is 4.78. The number of carbonyl (C=O) groups is 1. The number of aliphatic carboxylic acids is 1. The van der Waals surface area contributed by atoms with Gasteiger partial charge in [-0.2, -0.15) is 0 Å². The zero-order valence-corrected chi connectivity index (χ0v) is 14.5. The maximum atomic E-state index is 10.4. The number of carboxylic acid groups (broad SMARTS) is 1. The molecule has 4 N–H and O–H groups in total. The van der Waals surface area contributed by atoms with Crippen LogP contribution in [0.5, 0.6) is 0 Å². The molecule has 0 spiro atoms. The van der Waals surface area contributed by atoms with Crippen molar-refractivity contribution in [3.8, 4) is 0 Å². The molecule has 0 saturated heterocycles. The number of hydrogen-bond acceptors (Lipinski definition) is 2. The number of carbonyl (C=O) groups excluding carboxylic acids is 1. The summed E-state index contributed by atoms with van der Waals surface area (Å²) in [6.45, 7) is 6.68. The van der Waals surface area contributed by atoms with Gasteiger partial charge in [0.25, 0.3) is 0 Å². The van der Waals surface area contributed by atoms with Gasteiger partial charge in [0, 0.05) is 0 Å². The van der Waals surface area contributed by atoms with Crippen molar-refractivity contribution >= 4 is 5.97 Å². The highest BCUT2D eigenvalue weighted by atomic mass is 16.4. The number of unbranched alkanes of at least 4 members (excludes halogenated alkanes) is 3. The van der Waals surface area contributed by atoms with E-state index in [4.69, 9.17) is 0 Å². The molecule has 21 heavy (non-hydrogen) atoms. The number of rotatable bonds is 12. The van der Waals surface area contributed by atoms with E-state index in [2.05, 4.69) is 26.8 Å². The topological polar surface area (TPSA) is 76.6 Å². The molecule has 0 unspecified atom stereocenters. The van der Waals surface area contributed by atoms with Crippen LogP contribution in [0.2, 0.25) is 0 Å². The largest absolute Gasteiger partial charge is 0.545 e. The Morgan fingerprint density at radius 3 is 1.67 bits per heavy atom. The van der Waals surface area contributed by atoms with Crippen LogP contribution in [0.1, 0.15) is 78.6 Å². The van der Waals surface area contributed by atoms with Gasteiger partial charge < -0.3 is 16.1 Å². The van der Waals surface area contributed by atoms with E-state index in [1.54, 1.807) is 6.08 Å². The van der Waals surface area contributed by atoms with Crippen molar-refractivity contribution in [3.63, 3.8) is 0 Å². The lowest BCUT2D eigenvalue weighted by Gasteiger charge is -2.31. The van der Waals surface area contributed by atoms with Crippen molar-refractivity contribution in [1.82, 2.24) is 6.15 Å². The van der Waals surface area contributed by atoms with E-state index < -0.39 is 5.97 Å². The molecule has 0 aromatic rings. The molecule has 0 rings (SSSR count). The Hall–Kier alpha value is -1.09. The Balaban J connectivity index is 0. The molecule has 0 aliphatic carbocycles. The molecule has 0 bridgehead atoms. The molecule has 0 radical (unpaired) electrons. The van der Waals surface area contributed by atoms with Crippen LogP contribution in [0, 0.1) is 5.41 Å². The van der Waals surface area contributed by atoms with Crippen molar-refractivity contribution in [2.75, 3.05) is 0 Å². The minimum Gasteiger partial charge on any atom is -0.545 e. The van der Waals surface area contributed by atoms with Gasteiger partial charge in [0.15, 0.2) is 0 Å². The number of quaternary nitrogens is 1. The average molecular weight is 297 g/mol. The van der Waals surface area contributed by atoms with Crippen molar-refractivity contribution in [2.45, 2.75) is 78.6 Å². The minimum atomic E-state index is -1.13.